The van der Waals surface area contributed by atoms with Crippen molar-refractivity contribution in [2.24, 2.45) is 17.1 Å². The van der Waals surface area contributed by atoms with E-state index in [-0.39, 0.29) is 36.1 Å². The lowest BCUT2D eigenvalue weighted by Crippen LogP contribution is -2.45. The highest BCUT2D eigenvalue weighted by atomic mass is 35.5. The van der Waals surface area contributed by atoms with Gasteiger partial charge >= 0.3 is 0 Å². The van der Waals surface area contributed by atoms with Crippen LogP contribution in [0.25, 0.3) is 0 Å². The number of halogens is 2. The van der Waals surface area contributed by atoms with E-state index >= 15 is 0 Å². The third-order valence-corrected chi connectivity index (χ3v) is 4.80. The molecule has 2 aliphatic rings. The van der Waals surface area contributed by atoms with E-state index in [1.54, 1.807) is 0 Å². The molecule has 2 fully saturated rings. The summed E-state index contributed by atoms with van der Waals surface area (Å²) in [5.41, 5.74) is 5.58. The Kier molecular flexibility index (Phi) is 9.07. The van der Waals surface area contributed by atoms with E-state index in [0.29, 0.717) is 12.5 Å². The van der Waals surface area contributed by atoms with Gasteiger partial charge in [-0.3, -0.25) is 4.79 Å². The minimum absolute atomic E-state index is 0. The van der Waals surface area contributed by atoms with Gasteiger partial charge in [0.1, 0.15) is 0 Å². The summed E-state index contributed by atoms with van der Waals surface area (Å²) in [6.07, 6.45) is 5.46. The number of nitrogens with two attached hydrogens (primary N) is 1. The topological polar surface area (TPSA) is 58.4 Å². The van der Waals surface area contributed by atoms with E-state index in [9.17, 15) is 4.79 Å². The molecule has 1 saturated heterocycles. The second kappa shape index (κ2) is 9.08. The molecule has 120 valence electrons. The highest BCUT2D eigenvalue weighted by molar-refractivity contribution is 5.85. The zero-order chi connectivity index (χ0) is 13.0. The van der Waals surface area contributed by atoms with E-state index in [0.717, 1.165) is 45.3 Å². The monoisotopic (exact) mass is 325 g/mol. The minimum Gasteiger partial charge on any atom is -0.355 e. The summed E-state index contributed by atoms with van der Waals surface area (Å²) in [7, 11) is 0. The van der Waals surface area contributed by atoms with Crippen molar-refractivity contribution in [3.8, 4) is 0 Å². The maximum absolute atomic E-state index is 12.3. The van der Waals surface area contributed by atoms with Crippen molar-refractivity contribution in [3.05, 3.63) is 0 Å². The number of nitrogens with zero attached hydrogens (tertiary/aromatic N) is 1. The molecule has 1 atom stereocenters. The van der Waals surface area contributed by atoms with Crippen LogP contribution in [0.5, 0.6) is 0 Å². The second-order valence-electron chi connectivity index (χ2n) is 5.95. The molecule has 1 aliphatic heterocycles. The summed E-state index contributed by atoms with van der Waals surface area (Å²) in [6.45, 7) is 6.97. The molecule has 1 unspecified atom stereocenters. The van der Waals surface area contributed by atoms with E-state index in [2.05, 4.69) is 17.1 Å². The van der Waals surface area contributed by atoms with Crippen molar-refractivity contribution in [2.75, 3.05) is 32.7 Å². The third-order valence-electron chi connectivity index (χ3n) is 4.80. The Morgan fingerprint density at radius 1 is 1.35 bits per heavy atom. The van der Waals surface area contributed by atoms with Crippen LogP contribution < -0.4 is 11.1 Å². The molecule has 4 nitrogen and oxygen atoms in total. The lowest BCUT2D eigenvalue weighted by atomic mass is 9.85. The molecule has 0 aromatic rings. The third kappa shape index (κ3) is 4.48. The number of amides is 1. The van der Waals surface area contributed by atoms with Crippen LogP contribution in [0.4, 0.5) is 0 Å². The normalized spacial score (nSPS) is 24.8. The minimum atomic E-state index is -0.247. The summed E-state index contributed by atoms with van der Waals surface area (Å²) >= 11 is 0. The molecule has 0 spiro atoms. The SMILES string of the molecule is CCN1CCC(CNC(=O)C2(CN)CCCC2)C1.Cl.Cl. The zero-order valence-electron chi connectivity index (χ0n) is 12.4. The van der Waals surface area contributed by atoms with E-state index in [4.69, 9.17) is 5.73 Å². The molecule has 0 bridgehead atoms. The van der Waals surface area contributed by atoms with Crippen LogP contribution in [0, 0.1) is 11.3 Å². The maximum Gasteiger partial charge on any atom is 0.227 e. The average molecular weight is 326 g/mol. The standard InChI is InChI=1S/C14H27N3O.2ClH/c1-2-17-8-5-12(10-17)9-16-13(18)14(11-15)6-3-4-7-14;;/h12H,2-11,15H2,1H3,(H,16,18);2*1H. The van der Waals surface area contributed by atoms with Gasteiger partial charge in [0.15, 0.2) is 0 Å². The van der Waals surface area contributed by atoms with Gasteiger partial charge in [-0.2, -0.15) is 0 Å². The average Bonchev–Trinajstić information content (AvgIpc) is 3.05. The first-order valence-corrected chi connectivity index (χ1v) is 7.41. The molecular weight excluding hydrogens is 297 g/mol. The molecule has 1 saturated carbocycles. The van der Waals surface area contributed by atoms with Gasteiger partial charge in [0.05, 0.1) is 5.41 Å². The first-order chi connectivity index (χ1) is 8.70. The van der Waals surface area contributed by atoms with Gasteiger partial charge in [0.25, 0.3) is 0 Å². The molecule has 0 aromatic heterocycles. The van der Waals surface area contributed by atoms with Gasteiger partial charge < -0.3 is 16.0 Å². The van der Waals surface area contributed by atoms with Crippen LogP contribution in [0.2, 0.25) is 0 Å². The number of likely N-dealkylation sites (tertiary alicyclic amines) is 1. The number of nitrogens with one attached hydrogen (secondary N) is 1. The van der Waals surface area contributed by atoms with Gasteiger partial charge in [-0.15, -0.1) is 24.8 Å². The molecule has 3 N–H and O–H groups in total. The highest BCUT2D eigenvalue weighted by Crippen LogP contribution is 2.37. The second-order valence-corrected chi connectivity index (χ2v) is 5.95. The summed E-state index contributed by atoms with van der Waals surface area (Å²) < 4.78 is 0. The molecular formula is C14H29Cl2N3O. The van der Waals surface area contributed by atoms with Crippen molar-refractivity contribution in [1.82, 2.24) is 10.2 Å². The van der Waals surface area contributed by atoms with Crippen LogP contribution in [-0.2, 0) is 4.79 Å². The fourth-order valence-corrected chi connectivity index (χ4v) is 3.37. The lowest BCUT2D eigenvalue weighted by Gasteiger charge is -2.26. The Morgan fingerprint density at radius 3 is 2.50 bits per heavy atom. The Labute approximate surface area is 135 Å². The summed E-state index contributed by atoms with van der Waals surface area (Å²) in [4.78, 5) is 14.8. The molecule has 1 aliphatic carbocycles. The van der Waals surface area contributed by atoms with Crippen molar-refractivity contribution in [3.63, 3.8) is 0 Å². The van der Waals surface area contributed by atoms with Crippen molar-refractivity contribution in [1.29, 1.82) is 0 Å². The molecule has 6 heteroatoms. The quantitative estimate of drug-likeness (QED) is 0.810. The Bertz CT molecular complexity index is 296. The fraction of sp³-hybridized carbons (Fsp3) is 0.929. The first kappa shape index (κ1) is 20.0. The highest BCUT2D eigenvalue weighted by Gasteiger charge is 2.39. The number of carbonyl (C=O) groups is 1. The van der Waals surface area contributed by atoms with Gasteiger partial charge in [0, 0.05) is 19.6 Å². The number of rotatable bonds is 5. The van der Waals surface area contributed by atoms with Crippen LogP contribution >= 0.6 is 24.8 Å². The van der Waals surface area contributed by atoms with Gasteiger partial charge in [-0.05, 0) is 38.3 Å². The summed E-state index contributed by atoms with van der Waals surface area (Å²) in [5, 5.41) is 3.16. The molecule has 0 aromatic carbocycles. The van der Waals surface area contributed by atoms with Crippen LogP contribution in [0.1, 0.15) is 39.0 Å². The number of hydrogen-bond donors (Lipinski definition) is 2. The van der Waals surface area contributed by atoms with Crippen LogP contribution in [0.3, 0.4) is 0 Å². The molecule has 2 rings (SSSR count). The summed E-state index contributed by atoms with van der Waals surface area (Å²) in [6, 6.07) is 0. The Hall–Kier alpha value is -0.0300. The predicted molar refractivity (Wildman–Crippen MR) is 87.7 cm³/mol. The predicted octanol–water partition coefficient (Wildman–Crippen LogP) is 1.81. The Balaban J connectivity index is 0.00000180. The zero-order valence-corrected chi connectivity index (χ0v) is 14.0. The Morgan fingerprint density at radius 2 is 2.00 bits per heavy atom. The van der Waals surface area contributed by atoms with Gasteiger partial charge in [-0.25, -0.2) is 0 Å². The van der Waals surface area contributed by atoms with Crippen molar-refractivity contribution in [2.45, 2.75) is 39.0 Å². The fourth-order valence-electron chi connectivity index (χ4n) is 3.37. The number of hydrogen-bond acceptors (Lipinski definition) is 3. The smallest absolute Gasteiger partial charge is 0.227 e. The van der Waals surface area contributed by atoms with Crippen molar-refractivity contribution < 1.29 is 4.79 Å². The van der Waals surface area contributed by atoms with Crippen molar-refractivity contribution >= 4 is 30.7 Å². The van der Waals surface area contributed by atoms with Gasteiger partial charge in [0.2, 0.25) is 5.91 Å². The summed E-state index contributed by atoms with van der Waals surface area (Å²) in [5.74, 6) is 0.836. The first-order valence-electron chi connectivity index (χ1n) is 7.41. The van der Waals surface area contributed by atoms with E-state index in [1.807, 2.05) is 0 Å². The molecule has 1 amide bonds. The van der Waals surface area contributed by atoms with E-state index in [1.165, 1.54) is 13.0 Å². The molecule has 0 radical (unpaired) electrons. The number of carbonyl (C=O) groups excluding carboxylic acids is 1. The molecule has 1 heterocycles. The van der Waals surface area contributed by atoms with E-state index < -0.39 is 0 Å². The lowest BCUT2D eigenvalue weighted by molar-refractivity contribution is -0.130. The largest absolute Gasteiger partial charge is 0.355 e. The van der Waals surface area contributed by atoms with Gasteiger partial charge in [-0.1, -0.05) is 19.8 Å². The van der Waals surface area contributed by atoms with Crippen LogP contribution in [0.15, 0.2) is 0 Å². The van der Waals surface area contributed by atoms with Crippen LogP contribution in [-0.4, -0.2) is 43.5 Å². The molecule has 20 heavy (non-hydrogen) atoms. The maximum atomic E-state index is 12.3.